The van der Waals surface area contributed by atoms with E-state index in [4.69, 9.17) is 4.74 Å². The van der Waals surface area contributed by atoms with Crippen LogP contribution in [0.4, 0.5) is 17.3 Å². The molecule has 0 aromatic carbocycles. The van der Waals surface area contributed by atoms with Crippen LogP contribution in [0.3, 0.4) is 0 Å². The molecule has 140 valence electrons. The Labute approximate surface area is 155 Å². The first kappa shape index (κ1) is 17.2. The normalized spacial score (nSPS) is 18.3. The van der Waals surface area contributed by atoms with Gasteiger partial charge in [0.05, 0.1) is 25.0 Å². The molecule has 0 amide bonds. The lowest BCUT2D eigenvalue weighted by molar-refractivity contribution is 0.0968. The molecule has 0 aliphatic heterocycles. The molecule has 2 atom stereocenters. The smallest absolute Gasteiger partial charge is 0.237 e. The maximum absolute atomic E-state index is 12.6. The van der Waals surface area contributed by atoms with Gasteiger partial charge in [0.2, 0.25) is 5.88 Å². The Morgan fingerprint density at radius 3 is 3.00 bits per heavy atom. The van der Waals surface area contributed by atoms with Crippen LogP contribution in [0.15, 0.2) is 30.6 Å². The second-order valence-electron chi connectivity index (χ2n) is 6.45. The lowest BCUT2D eigenvalue weighted by Gasteiger charge is -2.11. The zero-order valence-corrected chi connectivity index (χ0v) is 15.0. The van der Waals surface area contributed by atoms with Gasteiger partial charge in [0.15, 0.2) is 11.4 Å². The number of anilines is 3. The van der Waals surface area contributed by atoms with E-state index in [-0.39, 0.29) is 17.8 Å². The van der Waals surface area contributed by atoms with Gasteiger partial charge in [-0.25, -0.2) is 9.97 Å². The number of fused-ring (bicyclic) bond motifs is 1. The Hall–Kier alpha value is -3.20. The number of ether oxygens (including phenoxy) is 1. The largest absolute Gasteiger partial charge is 0.480 e. The molecule has 3 heterocycles. The van der Waals surface area contributed by atoms with Crippen LogP contribution in [0, 0.1) is 5.92 Å². The number of rotatable bonds is 7. The van der Waals surface area contributed by atoms with E-state index in [0.717, 1.165) is 0 Å². The topological polar surface area (TPSA) is 114 Å². The van der Waals surface area contributed by atoms with Crippen molar-refractivity contribution in [3.8, 4) is 5.88 Å². The maximum Gasteiger partial charge on any atom is 0.237 e. The molecular formula is C18H20N6O3. The van der Waals surface area contributed by atoms with E-state index in [9.17, 15) is 9.90 Å². The molecule has 1 fully saturated rings. The SMILES string of the molecule is CNc1cc(Nc2cccnc2OC)nc2c(C(=O)CC3C[C@@H]3O)cnn12. The Balaban J connectivity index is 1.71. The van der Waals surface area contributed by atoms with Crippen molar-refractivity contribution >= 4 is 28.8 Å². The number of carbonyl (C=O) groups excluding carboxylic acids is 1. The van der Waals surface area contributed by atoms with Crippen LogP contribution in [0.5, 0.6) is 5.88 Å². The van der Waals surface area contributed by atoms with E-state index < -0.39 is 0 Å². The molecule has 9 heteroatoms. The summed E-state index contributed by atoms with van der Waals surface area (Å²) in [5.41, 5.74) is 1.55. The summed E-state index contributed by atoms with van der Waals surface area (Å²) in [6.07, 6.45) is 3.77. The van der Waals surface area contributed by atoms with Crippen molar-refractivity contribution in [2.75, 3.05) is 24.8 Å². The van der Waals surface area contributed by atoms with Crippen LogP contribution >= 0.6 is 0 Å². The van der Waals surface area contributed by atoms with Gasteiger partial charge in [-0.1, -0.05) is 0 Å². The number of pyridine rings is 1. The monoisotopic (exact) mass is 368 g/mol. The minimum atomic E-state index is -0.369. The van der Waals surface area contributed by atoms with E-state index >= 15 is 0 Å². The average molecular weight is 368 g/mol. The lowest BCUT2D eigenvalue weighted by atomic mass is 10.1. The number of methoxy groups -OCH3 is 1. The molecule has 0 bridgehead atoms. The van der Waals surface area contributed by atoms with Crippen molar-refractivity contribution in [2.45, 2.75) is 18.9 Å². The summed E-state index contributed by atoms with van der Waals surface area (Å²) in [5, 5.41) is 20.0. The fourth-order valence-corrected chi connectivity index (χ4v) is 2.99. The second kappa shape index (κ2) is 6.84. The van der Waals surface area contributed by atoms with Crippen molar-refractivity contribution in [1.29, 1.82) is 0 Å². The third-order valence-electron chi connectivity index (χ3n) is 4.59. The first-order valence-corrected chi connectivity index (χ1v) is 8.64. The molecule has 3 aromatic heterocycles. The number of Topliss-reactive ketones (excluding diaryl/α,β-unsaturated/α-hetero) is 1. The number of aliphatic hydroxyl groups excluding tert-OH is 1. The van der Waals surface area contributed by atoms with Crippen LogP contribution in [0.2, 0.25) is 0 Å². The fraction of sp³-hybridized carbons (Fsp3) is 0.333. The van der Waals surface area contributed by atoms with Crippen molar-refractivity contribution in [3.63, 3.8) is 0 Å². The van der Waals surface area contributed by atoms with Gasteiger partial charge >= 0.3 is 0 Å². The molecule has 1 saturated carbocycles. The number of hydrogen-bond donors (Lipinski definition) is 3. The summed E-state index contributed by atoms with van der Waals surface area (Å²) in [6.45, 7) is 0. The quantitative estimate of drug-likeness (QED) is 0.542. The molecule has 9 nitrogen and oxygen atoms in total. The molecule has 1 aliphatic rings. The van der Waals surface area contributed by atoms with Crippen molar-refractivity contribution in [2.24, 2.45) is 5.92 Å². The Kier molecular flexibility index (Phi) is 4.36. The Morgan fingerprint density at radius 2 is 2.30 bits per heavy atom. The van der Waals surface area contributed by atoms with Crippen LogP contribution in [0.1, 0.15) is 23.2 Å². The molecular weight excluding hydrogens is 348 g/mol. The number of aliphatic hydroxyl groups is 1. The Bertz CT molecular complexity index is 1000. The van der Waals surface area contributed by atoms with Crippen LogP contribution in [0.25, 0.3) is 5.65 Å². The highest BCUT2D eigenvalue weighted by atomic mass is 16.5. The molecule has 0 spiro atoms. The number of nitrogens with one attached hydrogen (secondary N) is 2. The summed E-state index contributed by atoms with van der Waals surface area (Å²) < 4.78 is 6.84. The summed E-state index contributed by atoms with van der Waals surface area (Å²) in [7, 11) is 3.32. The minimum Gasteiger partial charge on any atom is -0.480 e. The van der Waals surface area contributed by atoms with E-state index in [1.54, 1.807) is 37.0 Å². The molecule has 1 unspecified atom stereocenters. The first-order chi connectivity index (χ1) is 13.1. The summed E-state index contributed by atoms with van der Waals surface area (Å²) in [6, 6.07) is 5.40. The summed E-state index contributed by atoms with van der Waals surface area (Å²) in [4.78, 5) is 21.3. The predicted molar refractivity (Wildman–Crippen MR) is 99.7 cm³/mol. The zero-order chi connectivity index (χ0) is 19.0. The van der Waals surface area contributed by atoms with Gasteiger partial charge in [0, 0.05) is 25.7 Å². The van der Waals surface area contributed by atoms with Gasteiger partial charge in [-0.05, 0) is 24.5 Å². The standard InChI is InChI=1S/C18H20N6O3/c1-19-16-8-15(22-12-4-3-5-20-18(12)27-2)23-17-11(9-21-24(16)17)14(26)7-10-6-13(10)25/h3-5,8-10,13,19,25H,6-7H2,1-2H3,(H,22,23)/t10?,13-/m0/s1. The average Bonchev–Trinajstić information content (AvgIpc) is 3.19. The lowest BCUT2D eigenvalue weighted by Crippen LogP contribution is -2.07. The van der Waals surface area contributed by atoms with Crippen LogP contribution < -0.4 is 15.4 Å². The molecule has 4 rings (SSSR count). The Morgan fingerprint density at radius 1 is 1.48 bits per heavy atom. The van der Waals surface area contributed by atoms with Gasteiger partial charge < -0.3 is 20.5 Å². The van der Waals surface area contributed by atoms with Crippen molar-refractivity contribution < 1.29 is 14.6 Å². The van der Waals surface area contributed by atoms with E-state index in [1.807, 2.05) is 6.07 Å². The highest BCUT2D eigenvalue weighted by Gasteiger charge is 2.37. The van der Waals surface area contributed by atoms with E-state index in [2.05, 4.69) is 25.7 Å². The van der Waals surface area contributed by atoms with Crippen molar-refractivity contribution in [3.05, 3.63) is 36.2 Å². The first-order valence-electron chi connectivity index (χ1n) is 8.64. The number of hydrogen-bond acceptors (Lipinski definition) is 8. The number of carbonyl (C=O) groups is 1. The predicted octanol–water partition coefficient (Wildman–Crippen LogP) is 1.87. The van der Waals surface area contributed by atoms with E-state index in [0.29, 0.717) is 47.3 Å². The number of aromatic nitrogens is 4. The summed E-state index contributed by atoms with van der Waals surface area (Å²) in [5.74, 6) is 1.61. The van der Waals surface area contributed by atoms with E-state index in [1.165, 1.54) is 6.20 Å². The van der Waals surface area contributed by atoms with Crippen LogP contribution in [-0.2, 0) is 0 Å². The molecule has 1 aliphatic carbocycles. The highest BCUT2D eigenvalue weighted by molar-refractivity contribution is 6.02. The van der Waals surface area contributed by atoms with Gasteiger partial charge in [-0.2, -0.15) is 9.61 Å². The zero-order valence-electron chi connectivity index (χ0n) is 15.0. The van der Waals surface area contributed by atoms with Gasteiger partial charge in [-0.3, -0.25) is 4.79 Å². The molecule has 3 aromatic rings. The molecule has 3 N–H and O–H groups in total. The highest BCUT2D eigenvalue weighted by Crippen LogP contribution is 2.35. The molecule has 0 radical (unpaired) electrons. The third-order valence-corrected chi connectivity index (χ3v) is 4.59. The fourth-order valence-electron chi connectivity index (χ4n) is 2.99. The van der Waals surface area contributed by atoms with Gasteiger partial charge in [0.1, 0.15) is 17.3 Å². The summed E-state index contributed by atoms with van der Waals surface area (Å²) >= 11 is 0. The number of ketones is 1. The third kappa shape index (κ3) is 3.28. The van der Waals surface area contributed by atoms with Crippen molar-refractivity contribution in [1.82, 2.24) is 19.6 Å². The molecule has 0 saturated heterocycles. The molecule has 27 heavy (non-hydrogen) atoms. The number of nitrogens with zero attached hydrogens (tertiary/aromatic N) is 4. The second-order valence-corrected chi connectivity index (χ2v) is 6.45. The minimum absolute atomic E-state index is 0.0391. The van der Waals surface area contributed by atoms with Gasteiger partial charge in [0.25, 0.3) is 0 Å². The van der Waals surface area contributed by atoms with Gasteiger partial charge in [-0.15, -0.1) is 0 Å². The van der Waals surface area contributed by atoms with Crippen LogP contribution in [-0.4, -0.2) is 50.7 Å². The maximum atomic E-state index is 12.6.